The molecule has 1 amide bonds. The van der Waals surface area contributed by atoms with Crippen LogP contribution in [0, 0.1) is 6.92 Å². The largest absolute Gasteiger partial charge is 0.324 e. The Labute approximate surface area is 90.5 Å². The van der Waals surface area contributed by atoms with E-state index in [0.717, 1.165) is 11.3 Å². The van der Waals surface area contributed by atoms with Crippen LogP contribution in [-0.4, -0.2) is 10.2 Å². The van der Waals surface area contributed by atoms with Crippen molar-refractivity contribution in [1.29, 1.82) is 0 Å². The van der Waals surface area contributed by atoms with E-state index in [2.05, 4.69) is 21.2 Å². The molecule has 0 radical (unpaired) electrons. The third kappa shape index (κ3) is 2.81. The number of carbonyl (C=O) groups excluding carboxylic acids is 1. The summed E-state index contributed by atoms with van der Waals surface area (Å²) in [6.07, 6.45) is 0. The highest BCUT2D eigenvalue weighted by atomic mass is 79.9. The molecule has 1 heterocycles. The molecule has 0 bridgehead atoms. The number of hydrogen-bond donors (Lipinski definition) is 1. The lowest BCUT2D eigenvalue weighted by atomic mass is 10.2. The molecule has 0 aromatic carbocycles. The van der Waals surface area contributed by atoms with Crippen LogP contribution in [0.15, 0.2) is 10.8 Å². The predicted octanol–water partition coefficient (Wildman–Crippen LogP) is 3.17. The number of nitrogens with one attached hydrogen (secondary N) is 1. The van der Waals surface area contributed by atoms with Crippen LogP contribution < -0.4 is 5.32 Å². The van der Waals surface area contributed by atoms with Gasteiger partial charge in [0, 0.05) is 5.38 Å². The van der Waals surface area contributed by atoms with E-state index in [1.54, 1.807) is 11.3 Å². The molecule has 0 aliphatic heterocycles. The van der Waals surface area contributed by atoms with E-state index in [4.69, 9.17) is 0 Å². The standard InChI is InChI=1S/C9H12BrNOS/c1-6-4-13-5-7(6)11-8(12)9(2,3)10/h4-5H,1-3H3,(H,11,12). The molecule has 0 atom stereocenters. The fourth-order valence-corrected chi connectivity index (χ4v) is 1.64. The van der Waals surface area contributed by atoms with Crippen molar-refractivity contribution < 1.29 is 4.79 Å². The second-order valence-corrected chi connectivity index (χ2v) is 6.12. The highest BCUT2D eigenvalue weighted by Crippen LogP contribution is 2.23. The molecule has 0 fully saturated rings. The smallest absolute Gasteiger partial charge is 0.240 e. The molecule has 2 nitrogen and oxygen atoms in total. The molecule has 0 aliphatic rings. The van der Waals surface area contributed by atoms with Gasteiger partial charge in [0.1, 0.15) is 0 Å². The summed E-state index contributed by atoms with van der Waals surface area (Å²) in [5, 5.41) is 6.80. The number of halogens is 1. The summed E-state index contributed by atoms with van der Waals surface area (Å²) < 4.78 is -0.513. The summed E-state index contributed by atoms with van der Waals surface area (Å²) in [5.74, 6) is -0.0194. The van der Waals surface area contributed by atoms with Crippen LogP contribution in [0.5, 0.6) is 0 Å². The number of amides is 1. The highest BCUT2D eigenvalue weighted by molar-refractivity contribution is 9.10. The van der Waals surface area contributed by atoms with E-state index in [-0.39, 0.29) is 5.91 Å². The maximum atomic E-state index is 11.5. The highest BCUT2D eigenvalue weighted by Gasteiger charge is 2.23. The van der Waals surface area contributed by atoms with E-state index in [0.29, 0.717) is 0 Å². The molecule has 0 unspecified atom stereocenters. The van der Waals surface area contributed by atoms with Gasteiger partial charge in [-0.15, -0.1) is 11.3 Å². The maximum absolute atomic E-state index is 11.5. The Hall–Kier alpha value is -0.350. The van der Waals surface area contributed by atoms with Crippen molar-refractivity contribution in [1.82, 2.24) is 0 Å². The van der Waals surface area contributed by atoms with Crippen molar-refractivity contribution in [2.45, 2.75) is 25.1 Å². The third-order valence-corrected chi connectivity index (χ3v) is 2.87. The Bertz CT molecular complexity index is 314. The Balaban J connectivity index is 2.71. The molecular weight excluding hydrogens is 250 g/mol. The molecule has 1 aromatic heterocycles. The molecule has 1 N–H and O–H groups in total. The van der Waals surface area contributed by atoms with Gasteiger partial charge in [-0.25, -0.2) is 0 Å². The van der Waals surface area contributed by atoms with Gasteiger partial charge >= 0.3 is 0 Å². The van der Waals surface area contributed by atoms with Gasteiger partial charge in [-0.2, -0.15) is 0 Å². The Morgan fingerprint density at radius 1 is 1.54 bits per heavy atom. The van der Waals surface area contributed by atoms with Gasteiger partial charge < -0.3 is 5.32 Å². The summed E-state index contributed by atoms with van der Waals surface area (Å²) in [6, 6.07) is 0. The van der Waals surface area contributed by atoms with Crippen molar-refractivity contribution in [2.75, 3.05) is 5.32 Å². The van der Waals surface area contributed by atoms with Crippen molar-refractivity contribution in [3.05, 3.63) is 16.3 Å². The summed E-state index contributed by atoms with van der Waals surface area (Å²) in [4.78, 5) is 11.5. The van der Waals surface area contributed by atoms with Gasteiger partial charge in [0.15, 0.2) is 0 Å². The van der Waals surface area contributed by atoms with Crippen LogP contribution in [0.3, 0.4) is 0 Å². The lowest BCUT2D eigenvalue weighted by molar-refractivity contribution is -0.117. The SMILES string of the molecule is Cc1cscc1NC(=O)C(C)(C)Br. The van der Waals surface area contributed by atoms with Gasteiger partial charge in [0.25, 0.3) is 0 Å². The van der Waals surface area contributed by atoms with Crippen LogP contribution >= 0.6 is 27.3 Å². The van der Waals surface area contributed by atoms with Crippen molar-refractivity contribution in [3.63, 3.8) is 0 Å². The monoisotopic (exact) mass is 261 g/mol. The summed E-state index contributed by atoms with van der Waals surface area (Å²) in [7, 11) is 0. The van der Waals surface area contributed by atoms with Crippen molar-refractivity contribution in [2.24, 2.45) is 0 Å². The second kappa shape index (κ2) is 3.80. The number of rotatable bonds is 2. The number of aryl methyl sites for hydroxylation is 1. The fraction of sp³-hybridized carbons (Fsp3) is 0.444. The number of anilines is 1. The number of hydrogen-bond acceptors (Lipinski definition) is 2. The van der Waals surface area contributed by atoms with Crippen LogP contribution in [-0.2, 0) is 4.79 Å². The molecule has 0 spiro atoms. The van der Waals surface area contributed by atoms with Gasteiger partial charge in [-0.05, 0) is 31.7 Å². The zero-order valence-electron chi connectivity index (χ0n) is 7.85. The number of thiophene rings is 1. The zero-order chi connectivity index (χ0) is 10.1. The van der Waals surface area contributed by atoms with E-state index in [1.807, 2.05) is 31.5 Å². The quantitative estimate of drug-likeness (QED) is 0.815. The summed E-state index contributed by atoms with van der Waals surface area (Å²) in [5.41, 5.74) is 2.01. The lowest BCUT2D eigenvalue weighted by Gasteiger charge is -2.15. The van der Waals surface area contributed by atoms with E-state index >= 15 is 0 Å². The molecule has 0 saturated heterocycles. The number of alkyl halides is 1. The topological polar surface area (TPSA) is 29.1 Å². The molecule has 1 rings (SSSR count). The van der Waals surface area contributed by atoms with Crippen LogP contribution in [0.2, 0.25) is 0 Å². The normalized spacial score (nSPS) is 11.4. The molecule has 13 heavy (non-hydrogen) atoms. The molecule has 4 heteroatoms. The van der Waals surface area contributed by atoms with Crippen LogP contribution in [0.4, 0.5) is 5.69 Å². The minimum Gasteiger partial charge on any atom is -0.324 e. The van der Waals surface area contributed by atoms with Crippen LogP contribution in [0.25, 0.3) is 0 Å². The molecule has 0 aliphatic carbocycles. The summed E-state index contributed by atoms with van der Waals surface area (Å²) in [6.45, 7) is 5.63. The first-order valence-corrected chi connectivity index (χ1v) is 5.68. The minimum absolute atomic E-state index is 0.0194. The first-order chi connectivity index (χ1) is 5.91. The average molecular weight is 262 g/mol. The van der Waals surface area contributed by atoms with Gasteiger partial charge in [0.2, 0.25) is 5.91 Å². The van der Waals surface area contributed by atoms with Gasteiger partial charge in [-0.1, -0.05) is 15.9 Å². The molecular formula is C9H12BrNOS. The third-order valence-electron chi connectivity index (χ3n) is 1.64. The molecule has 0 saturated carbocycles. The Morgan fingerprint density at radius 2 is 2.15 bits per heavy atom. The minimum atomic E-state index is -0.513. The molecule has 1 aromatic rings. The average Bonchev–Trinajstić information content (AvgIpc) is 2.34. The fourth-order valence-electron chi connectivity index (χ4n) is 0.760. The van der Waals surface area contributed by atoms with E-state index in [9.17, 15) is 4.79 Å². The Kier molecular flexibility index (Phi) is 3.14. The lowest BCUT2D eigenvalue weighted by Crippen LogP contribution is -2.30. The van der Waals surface area contributed by atoms with E-state index < -0.39 is 4.32 Å². The van der Waals surface area contributed by atoms with Crippen LogP contribution in [0.1, 0.15) is 19.4 Å². The number of carbonyl (C=O) groups is 1. The Morgan fingerprint density at radius 3 is 2.54 bits per heavy atom. The molecule has 72 valence electrons. The van der Waals surface area contributed by atoms with E-state index in [1.165, 1.54) is 0 Å². The maximum Gasteiger partial charge on any atom is 0.240 e. The zero-order valence-corrected chi connectivity index (χ0v) is 10.3. The second-order valence-electron chi connectivity index (χ2n) is 3.40. The first-order valence-electron chi connectivity index (χ1n) is 3.94. The first kappa shape index (κ1) is 10.7. The van der Waals surface area contributed by atoms with Crippen molar-refractivity contribution in [3.8, 4) is 0 Å². The van der Waals surface area contributed by atoms with Gasteiger partial charge in [0.05, 0.1) is 10.0 Å². The summed E-state index contributed by atoms with van der Waals surface area (Å²) >= 11 is 4.89. The van der Waals surface area contributed by atoms with Gasteiger partial charge in [-0.3, -0.25) is 4.79 Å². The predicted molar refractivity (Wildman–Crippen MR) is 60.7 cm³/mol. The van der Waals surface area contributed by atoms with Crippen molar-refractivity contribution >= 4 is 38.9 Å².